The topological polar surface area (TPSA) is 82.8 Å². The van der Waals surface area contributed by atoms with Crippen LogP contribution in [0.3, 0.4) is 0 Å². The van der Waals surface area contributed by atoms with Crippen LogP contribution in [0.5, 0.6) is 11.5 Å². The molecule has 1 aromatic rings. The number of carbonyl (C=O) groups is 1. The second kappa shape index (κ2) is 8.39. The predicted molar refractivity (Wildman–Crippen MR) is 75.9 cm³/mol. The van der Waals surface area contributed by atoms with E-state index in [0.717, 1.165) is 12.1 Å². The van der Waals surface area contributed by atoms with Gasteiger partial charge in [-0.1, -0.05) is 6.07 Å². The third-order valence-electron chi connectivity index (χ3n) is 2.74. The first-order valence-corrected chi connectivity index (χ1v) is 6.41. The summed E-state index contributed by atoms with van der Waals surface area (Å²) < 4.78 is 15.7. The quantitative estimate of drug-likeness (QED) is 0.651. The number of hydrogen-bond donors (Lipinski definition) is 2. The lowest BCUT2D eigenvalue weighted by atomic mass is 10.2. The van der Waals surface area contributed by atoms with Crippen LogP contribution in [0.1, 0.15) is 12.5 Å². The molecule has 1 aromatic carbocycles. The van der Waals surface area contributed by atoms with E-state index >= 15 is 0 Å². The number of rotatable bonds is 9. The predicted octanol–water partition coefficient (Wildman–Crippen LogP) is 0.684. The van der Waals surface area contributed by atoms with E-state index in [4.69, 9.17) is 19.9 Å². The summed E-state index contributed by atoms with van der Waals surface area (Å²) in [5, 5.41) is 3.24. The Kier molecular flexibility index (Phi) is 6.83. The highest BCUT2D eigenvalue weighted by molar-refractivity contribution is 5.78. The number of carbonyl (C=O) groups excluding carboxylic acids is 1. The highest BCUT2D eigenvalue weighted by atomic mass is 16.5. The van der Waals surface area contributed by atoms with Crippen molar-refractivity contribution < 1.29 is 19.0 Å². The summed E-state index contributed by atoms with van der Waals surface area (Å²) in [6, 6.07) is 5.54. The van der Waals surface area contributed by atoms with Gasteiger partial charge in [-0.3, -0.25) is 4.79 Å². The Labute approximate surface area is 119 Å². The number of nitrogens with one attached hydrogen (secondary N) is 1. The summed E-state index contributed by atoms with van der Waals surface area (Å²) in [6.45, 7) is 3.73. The number of primary amides is 1. The lowest BCUT2D eigenvalue weighted by molar-refractivity contribution is -0.124. The Morgan fingerprint density at radius 1 is 1.35 bits per heavy atom. The van der Waals surface area contributed by atoms with E-state index < -0.39 is 12.0 Å². The molecule has 1 atom stereocenters. The molecule has 0 aliphatic rings. The highest BCUT2D eigenvalue weighted by Crippen LogP contribution is 2.28. The van der Waals surface area contributed by atoms with Crippen molar-refractivity contribution in [3.63, 3.8) is 0 Å². The normalized spacial score (nSPS) is 11.9. The number of nitrogens with two attached hydrogens (primary N) is 1. The summed E-state index contributed by atoms with van der Waals surface area (Å²) >= 11 is 0. The molecule has 0 radical (unpaired) electrons. The van der Waals surface area contributed by atoms with E-state index in [1.54, 1.807) is 27.2 Å². The van der Waals surface area contributed by atoms with Crippen LogP contribution >= 0.6 is 0 Å². The molecule has 0 aliphatic heterocycles. The van der Waals surface area contributed by atoms with Crippen LogP contribution < -0.4 is 20.5 Å². The van der Waals surface area contributed by atoms with Crippen molar-refractivity contribution in [2.45, 2.75) is 19.6 Å². The van der Waals surface area contributed by atoms with Crippen LogP contribution in [0.2, 0.25) is 0 Å². The Morgan fingerprint density at radius 2 is 2.10 bits per heavy atom. The molecule has 0 aromatic heterocycles. The Bertz CT molecular complexity index is 437. The average molecular weight is 282 g/mol. The zero-order valence-corrected chi connectivity index (χ0v) is 12.1. The molecule has 6 nitrogen and oxygen atoms in total. The molecule has 0 heterocycles. The second-order valence-electron chi connectivity index (χ2n) is 4.32. The minimum atomic E-state index is -0.699. The summed E-state index contributed by atoms with van der Waals surface area (Å²) in [5.41, 5.74) is 6.23. The van der Waals surface area contributed by atoms with E-state index in [2.05, 4.69) is 5.32 Å². The van der Waals surface area contributed by atoms with Crippen molar-refractivity contribution in [2.75, 3.05) is 27.4 Å². The number of ether oxygens (including phenoxy) is 3. The maximum Gasteiger partial charge on any atom is 0.258 e. The van der Waals surface area contributed by atoms with Crippen molar-refractivity contribution >= 4 is 5.91 Å². The molecule has 0 fully saturated rings. The first-order valence-electron chi connectivity index (χ1n) is 6.41. The molecule has 0 bridgehead atoms. The van der Waals surface area contributed by atoms with Crippen molar-refractivity contribution in [3.05, 3.63) is 23.8 Å². The van der Waals surface area contributed by atoms with Gasteiger partial charge in [0.05, 0.1) is 13.7 Å². The average Bonchev–Trinajstić information content (AvgIpc) is 2.44. The molecule has 6 heteroatoms. The Balaban J connectivity index is 2.67. The molecule has 0 saturated carbocycles. The molecular formula is C14H22N2O4. The van der Waals surface area contributed by atoms with Crippen molar-refractivity contribution in [1.29, 1.82) is 0 Å². The van der Waals surface area contributed by atoms with Gasteiger partial charge in [-0.2, -0.15) is 0 Å². The molecule has 1 unspecified atom stereocenters. The minimum Gasteiger partial charge on any atom is -0.493 e. The van der Waals surface area contributed by atoms with E-state index in [1.165, 1.54) is 0 Å². The van der Waals surface area contributed by atoms with Gasteiger partial charge in [-0.15, -0.1) is 0 Å². The van der Waals surface area contributed by atoms with Crippen LogP contribution in [0, 0.1) is 0 Å². The zero-order valence-electron chi connectivity index (χ0n) is 12.1. The summed E-state index contributed by atoms with van der Waals surface area (Å²) in [4.78, 5) is 11.0. The van der Waals surface area contributed by atoms with Crippen LogP contribution in [-0.2, 0) is 16.1 Å². The maximum absolute atomic E-state index is 11.0. The first-order chi connectivity index (χ1) is 9.58. The fourth-order valence-electron chi connectivity index (χ4n) is 1.57. The molecule has 112 valence electrons. The molecule has 0 aliphatic carbocycles. The van der Waals surface area contributed by atoms with Gasteiger partial charge < -0.3 is 25.3 Å². The third kappa shape index (κ3) is 5.07. The van der Waals surface area contributed by atoms with Crippen LogP contribution in [0.15, 0.2) is 18.2 Å². The van der Waals surface area contributed by atoms with Crippen LogP contribution in [0.25, 0.3) is 0 Å². The fourth-order valence-corrected chi connectivity index (χ4v) is 1.57. The van der Waals surface area contributed by atoms with Gasteiger partial charge in [0, 0.05) is 20.2 Å². The zero-order chi connectivity index (χ0) is 15.0. The SMILES string of the molecule is COCCNCc1ccc(OC(C)C(N)=O)c(OC)c1. The van der Waals surface area contributed by atoms with Gasteiger partial charge in [0.1, 0.15) is 0 Å². The van der Waals surface area contributed by atoms with E-state index in [9.17, 15) is 4.79 Å². The van der Waals surface area contributed by atoms with Gasteiger partial charge in [0.15, 0.2) is 17.6 Å². The van der Waals surface area contributed by atoms with Gasteiger partial charge in [0.2, 0.25) is 0 Å². The molecule has 1 amide bonds. The second-order valence-corrected chi connectivity index (χ2v) is 4.32. The van der Waals surface area contributed by atoms with Crippen LogP contribution in [0.4, 0.5) is 0 Å². The van der Waals surface area contributed by atoms with Gasteiger partial charge in [0.25, 0.3) is 5.91 Å². The molecule has 1 rings (SSSR count). The summed E-state index contributed by atoms with van der Waals surface area (Å²) in [7, 11) is 3.22. The minimum absolute atomic E-state index is 0.499. The number of hydrogen-bond acceptors (Lipinski definition) is 5. The lowest BCUT2D eigenvalue weighted by Gasteiger charge is -2.15. The Hall–Kier alpha value is -1.79. The van der Waals surface area contributed by atoms with Crippen molar-refractivity contribution in [3.8, 4) is 11.5 Å². The van der Waals surface area contributed by atoms with Gasteiger partial charge in [-0.05, 0) is 24.6 Å². The van der Waals surface area contributed by atoms with E-state index in [-0.39, 0.29) is 0 Å². The van der Waals surface area contributed by atoms with Gasteiger partial charge in [-0.25, -0.2) is 0 Å². The molecule has 0 spiro atoms. The maximum atomic E-state index is 11.0. The third-order valence-corrected chi connectivity index (χ3v) is 2.74. The first kappa shape index (κ1) is 16.3. The number of amides is 1. The molecule has 0 saturated heterocycles. The van der Waals surface area contributed by atoms with Crippen LogP contribution in [-0.4, -0.2) is 39.4 Å². The van der Waals surface area contributed by atoms with E-state index in [1.807, 2.05) is 12.1 Å². The monoisotopic (exact) mass is 282 g/mol. The lowest BCUT2D eigenvalue weighted by Crippen LogP contribution is -2.30. The molecule has 20 heavy (non-hydrogen) atoms. The highest BCUT2D eigenvalue weighted by Gasteiger charge is 2.13. The van der Waals surface area contributed by atoms with Crippen molar-refractivity contribution in [2.24, 2.45) is 5.73 Å². The smallest absolute Gasteiger partial charge is 0.258 e. The summed E-state index contributed by atoms with van der Waals surface area (Å²) in [6.07, 6.45) is -0.699. The summed E-state index contributed by atoms with van der Waals surface area (Å²) in [5.74, 6) is 0.556. The van der Waals surface area contributed by atoms with Gasteiger partial charge >= 0.3 is 0 Å². The van der Waals surface area contributed by atoms with E-state index in [0.29, 0.717) is 24.7 Å². The number of methoxy groups -OCH3 is 2. The fraction of sp³-hybridized carbons (Fsp3) is 0.500. The number of benzene rings is 1. The molecular weight excluding hydrogens is 260 g/mol. The molecule has 3 N–H and O–H groups in total. The largest absolute Gasteiger partial charge is 0.493 e. The standard InChI is InChI=1S/C14H22N2O4/c1-10(14(15)17)20-12-5-4-11(8-13(12)19-3)9-16-6-7-18-2/h4-5,8,10,16H,6-7,9H2,1-3H3,(H2,15,17). The Morgan fingerprint density at radius 3 is 2.70 bits per heavy atom. The van der Waals surface area contributed by atoms with Crippen molar-refractivity contribution in [1.82, 2.24) is 5.32 Å².